The number of hydrogen-bond acceptors (Lipinski definition) is 3. The number of nitrogens with zero attached hydrogens (tertiary/aromatic N) is 1. The Morgan fingerprint density at radius 3 is 2.75 bits per heavy atom. The second-order valence-corrected chi connectivity index (χ2v) is 4.31. The van der Waals surface area contributed by atoms with E-state index in [0.29, 0.717) is 6.61 Å². The fourth-order valence-electron chi connectivity index (χ4n) is 1.36. The van der Waals surface area contributed by atoms with E-state index in [1.54, 1.807) is 0 Å². The number of ether oxygens (including phenoxy) is 1. The number of likely N-dealkylation sites (N-methyl/N-ethyl adjacent to an activating group) is 1. The maximum Gasteiger partial charge on any atom is 0.125 e. The predicted octanol–water partition coefficient (Wildman–Crippen LogP) is 2.00. The lowest BCUT2D eigenvalue weighted by Gasteiger charge is -2.14. The minimum atomic E-state index is 0.671. The Hall–Kier alpha value is -0.770. The van der Waals surface area contributed by atoms with Crippen molar-refractivity contribution in [1.82, 2.24) is 10.2 Å². The van der Waals surface area contributed by atoms with E-state index in [2.05, 4.69) is 10.2 Å². The van der Waals surface area contributed by atoms with Crippen molar-refractivity contribution in [3.63, 3.8) is 0 Å². The van der Waals surface area contributed by atoms with Gasteiger partial charge < -0.3 is 15.0 Å². The van der Waals surface area contributed by atoms with Gasteiger partial charge in [0, 0.05) is 23.7 Å². The van der Waals surface area contributed by atoms with Gasteiger partial charge in [0.15, 0.2) is 0 Å². The van der Waals surface area contributed by atoms with Gasteiger partial charge >= 0.3 is 0 Å². The molecule has 0 aliphatic rings. The van der Waals surface area contributed by atoms with Crippen LogP contribution in [0.15, 0.2) is 18.2 Å². The molecule has 1 N–H and O–H groups in total. The smallest absolute Gasteiger partial charge is 0.125 e. The van der Waals surface area contributed by atoms with Crippen molar-refractivity contribution >= 4 is 11.6 Å². The zero-order chi connectivity index (χ0) is 12.0. The molecule has 16 heavy (non-hydrogen) atoms. The predicted molar refractivity (Wildman–Crippen MR) is 68.3 cm³/mol. The zero-order valence-corrected chi connectivity index (χ0v) is 10.8. The average molecular weight is 243 g/mol. The van der Waals surface area contributed by atoms with Crippen LogP contribution in [0.1, 0.15) is 5.56 Å². The van der Waals surface area contributed by atoms with E-state index in [-0.39, 0.29) is 0 Å². The molecule has 1 aromatic rings. The van der Waals surface area contributed by atoms with Gasteiger partial charge in [0.25, 0.3) is 0 Å². The minimum absolute atomic E-state index is 0.671. The Labute approximate surface area is 102 Å². The summed E-state index contributed by atoms with van der Waals surface area (Å²) in [7, 11) is 5.94. The monoisotopic (exact) mass is 242 g/mol. The molecule has 0 aliphatic carbocycles. The third-order valence-electron chi connectivity index (χ3n) is 2.23. The Balaban J connectivity index is 2.66. The van der Waals surface area contributed by atoms with Crippen molar-refractivity contribution in [2.45, 2.75) is 6.54 Å². The molecule has 90 valence electrons. The molecule has 0 aliphatic heterocycles. The summed E-state index contributed by atoms with van der Waals surface area (Å²) in [6.45, 7) is 2.28. The molecule has 4 heteroatoms. The van der Waals surface area contributed by atoms with Crippen LogP contribution in [0.4, 0.5) is 0 Å². The Kier molecular flexibility index (Phi) is 5.60. The first-order valence-electron chi connectivity index (χ1n) is 5.34. The Morgan fingerprint density at radius 1 is 1.38 bits per heavy atom. The molecule has 0 spiro atoms. The standard InChI is InChI=1S/C12H19ClN2O/c1-14-9-10-11(13)5-4-6-12(10)16-8-7-15(2)3/h4-6,14H,7-9H2,1-3H3. The van der Waals surface area contributed by atoms with Crippen LogP contribution in [0, 0.1) is 0 Å². The summed E-state index contributed by atoms with van der Waals surface area (Å²) in [5, 5.41) is 3.84. The highest BCUT2D eigenvalue weighted by atomic mass is 35.5. The Bertz CT molecular complexity index is 329. The zero-order valence-electron chi connectivity index (χ0n) is 10.1. The van der Waals surface area contributed by atoms with Gasteiger partial charge in [-0.25, -0.2) is 0 Å². The number of nitrogens with one attached hydrogen (secondary N) is 1. The molecule has 0 atom stereocenters. The first-order valence-corrected chi connectivity index (χ1v) is 5.72. The SMILES string of the molecule is CNCc1c(Cl)cccc1OCCN(C)C. The summed E-state index contributed by atoms with van der Waals surface area (Å²) in [4.78, 5) is 2.09. The maximum atomic E-state index is 6.12. The van der Waals surface area contributed by atoms with Crippen molar-refractivity contribution in [3.05, 3.63) is 28.8 Å². The molecule has 0 radical (unpaired) electrons. The molecular formula is C12H19ClN2O. The summed E-state index contributed by atoms with van der Waals surface area (Å²) in [6, 6.07) is 5.74. The largest absolute Gasteiger partial charge is 0.492 e. The Morgan fingerprint density at radius 2 is 2.12 bits per heavy atom. The first-order chi connectivity index (χ1) is 7.65. The molecule has 0 bridgehead atoms. The number of rotatable bonds is 6. The van der Waals surface area contributed by atoms with E-state index in [9.17, 15) is 0 Å². The van der Waals surface area contributed by atoms with E-state index in [4.69, 9.17) is 16.3 Å². The summed E-state index contributed by atoms with van der Waals surface area (Å²) in [5.74, 6) is 0.865. The molecule has 3 nitrogen and oxygen atoms in total. The van der Waals surface area contributed by atoms with E-state index in [1.807, 2.05) is 39.3 Å². The quantitative estimate of drug-likeness (QED) is 0.826. The van der Waals surface area contributed by atoms with Gasteiger partial charge in [0.1, 0.15) is 12.4 Å². The molecule has 1 aromatic carbocycles. The minimum Gasteiger partial charge on any atom is -0.492 e. The van der Waals surface area contributed by atoms with E-state index in [1.165, 1.54) is 0 Å². The van der Waals surface area contributed by atoms with Gasteiger partial charge in [-0.3, -0.25) is 0 Å². The number of hydrogen-bond donors (Lipinski definition) is 1. The van der Waals surface area contributed by atoms with Crippen molar-refractivity contribution in [2.75, 3.05) is 34.3 Å². The van der Waals surface area contributed by atoms with Gasteiger partial charge in [-0.15, -0.1) is 0 Å². The maximum absolute atomic E-state index is 6.12. The van der Waals surface area contributed by atoms with Gasteiger partial charge in [0.2, 0.25) is 0 Å². The molecular weight excluding hydrogens is 224 g/mol. The van der Waals surface area contributed by atoms with Gasteiger partial charge in [0.05, 0.1) is 0 Å². The van der Waals surface area contributed by atoms with Crippen molar-refractivity contribution in [2.24, 2.45) is 0 Å². The summed E-state index contributed by atoms with van der Waals surface area (Å²) in [5.41, 5.74) is 1.02. The molecule has 0 unspecified atom stereocenters. The third kappa shape index (κ3) is 4.00. The van der Waals surface area contributed by atoms with E-state index >= 15 is 0 Å². The summed E-state index contributed by atoms with van der Waals surface area (Å²) < 4.78 is 5.72. The van der Waals surface area contributed by atoms with Gasteiger partial charge in [-0.1, -0.05) is 17.7 Å². The molecule has 1 rings (SSSR count). The lowest BCUT2D eigenvalue weighted by atomic mass is 10.2. The molecule has 0 saturated carbocycles. The fraction of sp³-hybridized carbons (Fsp3) is 0.500. The van der Waals surface area contributed by atoms with Crippen LogP contribution >= 0.6 is 11.6 Å². The normalized spacial score (nSPS) is 10.8. The van der Waals surface area contributed by atoms with E-state index in [0.717, 1.165) is 29.4 Å². The van der Waals surface area contributed by atoms with Crippen LogP contribution in [0.3, 0.4) is 0 Å². The lowest BCUT2D eigenvalue weighted by molar-refractivity contribution is 0.259. The second kappa shape index (κ2) is 6.74. The van der Waals surface area contributed by atoms with Crippen LogP contribution in [0.25, 0.3) is 0 Å². The summed E-state index contributed by atoms with van der Waals surface area (Å²) >= 11 is 6.12. The topological polar surface area (TPSA) is 24.5 Å². The van der Waals surface area contributed by atoms with Crippen LogP contribution in [-0.2, 0) is 6.54 Å². The van der Waals surface area contributed by atoms with Gasteiger partial charge in [-0.05, 0) is 33.3 Å². The molecule has 0 heterocycles. The molecule has 0 saturated heterocycles. The fourth-order valence-corrected chi connectivity index (χ4v) is 1.59. The van der Waals surface area contributed by atoms with E-state index < -0.39 is 0 Å². The number of benzene rings is 1. The highest BCUT2D eigenvalue weighted by Gasteiger charge is 2.07. The molecule has 0 fully saturated rings. The molecule has 0 amide bonds. The van der Waals surface area contributed by atoms with Crippen molar-refractivity contribution in [3.8, 4) is 5.75 Å². The lowest BCUT2D eigenvalue weighted by Crippen LogP contribution is -2.20. The average Bonchev–Trinajstić information content (AvgIpc) is 2.22. The van der Waals surface area contributed by atoms with Crippen molar-refractivity contribution < 1.29 is 4.74 Å². The third-order valence-corrected chi connectivity index (χ3v) is 2.58. The second-order valence-electron chi connectivity index (χ2n) is 3.90. The van der Waals surface area contributed by atoms with Crippen LogP contribution in [-0.4, -0.2) is 39.2 Å². The highest BCUT2D eigenvalue weighted by Crippen LogP contribution is 2.26. The molecule has 0 aromatic heterocycles. The van der Waals surface area contributed by atoms with Crippen LogP contribution in [0.2, 0.25) is 5.02 Å². The van der Waals surface area contributed by atoms with Crippen molar-refractivity contribution in [1.29, 1.82) is 0 Å². The highest BCUT2D eigenvalue weighted by molar-refractivity contribution is 6.31. The van der Waals surface area contributed by atoms with Crippen LogP contribution < -0.4 is 10.1 Å². The van der Waals surface area contributed by atoms with Crippen LogP contribution in [0.5, 0.6) is 5.75 Å². The summed E-state index contributed by atoms with van der Waals surface area (Å²) in [6.07, 6.45) is 0. The number of halogens is 1. The first kappa shape index (κ1) is 13.3. The van der Waals surface area contributed by atoms with Gasteiger partial charge in [-0.2, -0.15) is 0 Å².